The number of amides is 1. The fourth-order valence-corrected chi connectivity index (χ4v) is 4.55. The molecule has 0 saturated carbocycles. The van der Waals surface area contributed by atoms with E-state index in [4.69, 9.17) is 4.74 Å². The number of halogens is 2. The van der Waals surface area contributed by atoms with Gasteiger partial charge in [-0.15, -0.1) is 0 Å². The van der Waals surface area contributed by atoms with E-state index >= 15 is 0 Å². The van der Waals surface area contributed by atoms with Crippen molar-refractivity contribution in [2.75, 3.05) is 44.2 Å². The first kappa shape index (κ1) is 21.5. The number of unbranched alkanes of at least 4 members (excludes halogenated alkanes) is 1. The summed E-state index contributed by atoms with van der Waals surface area (Å²) in [4.78, 5) is 20.1. The molecule has 1 saturated heterocycles. The molecule has 0 atom stereocenters. The van der Waals surface area contributed by atoms with Gasteiger partial charge in [0.05, 0.1) is 12.2 Å². The van der Waals surface area contributed by atoms with Gasteiger partial charge < -0.3 is 9.64 Å². The number of rotatable bonds is 7. The summed E-state index contributed by atoms with van der Waals surface area (Å²) in [5, 5.41) is 2.00. The van der Waals surface area contributed by atoms with Crippen molar-refractivity contribution in [3.05, 3.63) is 71.3 Å². The Labute approximate surface area is 191 Å². The number of hydrogen-bond donors (Lipinski definition) is 0. The van der Waals surface area contributed by atoms with E-state index in [1.54, 1.807) is 18.2 Å². The molecular formula is C26H25F2N3O2. The molecule has 2 aliphatic rings. The molecule has 33 heavy (non-hydrogen) atoms. The van der Waals surface area contributed by atoms with Gasteiger partial charge in [-0.2, -0.15) is 0 Å². The van der Waals surface area contributed by atoms with Crippen LogP contribution < -0.4 is 9.64 Å². The number of benzene rings is 3. The molecule has 2 heterocycles. The highest BCUT2D eigenvalue weighted by atomic mass is 19.1. The quantitative estimate of drug-likeness (QED) is 0.492. The van der Waals surface area contributed by atoms with Crippen molar-refractivity contribution in [2.24, 2.45) is 4.99 Å². The van der Waals surface area contributed by atoms with Gasteiger partial charge in [0.25, 0.3) is 5.91 Å². The lowest BCUT2D eigenvalue weighted by atomic mass is 10.1. The van der Waals surface area contributed by atoms with Crippen LogP contribution in [0, 0.1) is 11.6 Å². The van der Waals surface area contributed by atoms with Gasteiger partial charge in [0.2, 0.25) is 0 Å². The van der Waals surface area contributed by atoms with Gasteiger partial charge in [0, 0.05) is 49.0 Å². The molecule has 0 spiro atoms. The fourth-order valence-electron chi connectivity index (χ4n) is 4.55. The smallest absolute Gasteiger partial charge is 0.280 e. The summed E-state index contributed by atoms with van der Waals surface area (Å²) in [6.07, 6.45) is 3.13. The molecule has 7 heteroatoms. The molecule has 0 aromatic heterocycles. The Morgan fingerprint density at radius 1 is 0.970 bits per heavy atom. The summed E-state index contributed by atoms with van der Waals surface area (Å²) in [6, 6.07) is 14.2. The first-order valence-electron chi connectivity index (χ1n) is 11.3. The number of carbonyl (C=O) groups is 1. The van der Waals surface area contributed by atoms with E-state index in [1.165, 1.54) is 12.3 Å². The first-order chi connectivity index (χ1) is 16.1. The number of aliphatic imine (C=N–C) groups is 1. The highest BCUT2D eigenvalue weighted by Gasteiger charge is 2.23. The Hall–Kier alpha value is -3.32. The van der Waals surface area contributed by atoms with Crippen LogP contribution in [0.3, 0.4) is 0 Å². The largest absolute Gasteiger partial charge is 0.490 e. The second-order valence-corrected chi connectivity index (χ2v) is 8.43. The molecule has 3 aromatic rings. The summed E-state index contributed by atoms with van der Waals surface area (Å²) in [6.45, 7) is 5.11. The number of carbonyl (C=O) groups excluding carboxylic acids is 1. The molecule has 2 aliphatic heterocycles. The summed E-state index contributed by atoms with van der Waals surface area (Å²) < 4.78 is 33.6. The normalized spacial score (nSPS) is 15.9. The zero-order valence-corrected chi connectivity index (χ0v) is 18.3. The van der Waals surface area contributed by atoms with Crippen LogP contribution in [0.25, 0.3) is 10.8 Å². The molecule has 3 aromatic carbocycles. The van der Waals surface area contributed by atoms with Gasteiger partial charge in [-0.1, -0.05) is 12.1 Å². The van der Waals surface area contributed by atoms with Crippen LogP contribution in [0.1, 0.15) is 28.8 Å². The summed E-state index contributed by atoms with van der Waals surface area (Å²) in [7, 11) is 0. The lowest BCUT2D eigenvalue weighted by Gasteiger charge is -2.36. The van der Waals surface area contributed by atoms with Crippen molar-refractivity contribution in [1.29, 1.82) is 0 Å². The zero-order valence-electron chi connectivity index (χ0n) is 18.3. The van der Waals surface area contributed by atoms with E-state index in [0.717, 1.165) is 62.0 Å². The highest BCUT2D eigenvalue weighted by Crippen LogP contribution is 2.29. The molecule has 170 valence electrons. The van der Waals surface area contributed by atoms with E-state index in [-0.39, 0.29) is 17.1 Å². The summed E-state index contributed by atoms with van der Waals surface area (Å²) in [5.41, 5.74) is 1.65. The maximum Gasteiger partial charge on any atom is 0.280 e. The predicted octanol–water partition coefficient (Wildman–Crippen LogP) is 4.67. The molecular weight excluding hydrogens is 424 g/mol. The Kier molecular flexibility index (Phi) is 6.05. The van der Waals surface area contributed by atoms with Crippen molar-refractivity contribution in [1.82, 2.24) is 4.90 Å². The molecule has 5 rings (SSSR count). The lowest BCUT2D eigenvalue weighted by molar-refractivity contribution is 0.100. The second kappa shape index (κ2) is 9.27. The maximum absolute atomic E-state index is 14.5. The van der Waals surface area contributed by atoms with Gasteiger partial charge in [-0.3, -0.25) is 9.69 Å². The summed E-state index contributed by atoms with van der Waals surface area (Å²) in [5.74, 6) is -1.28. The first-order valence-corrected chi connectivity index (χ1v) is 11.3. The van der Waals surface area contributed by atoms with Crippen molar-refractivity contribution in [3.63, 3.8) is 0 Å². The van der Waals surface area contributed by atoms with Crippen LogP contribution in [0.15, 0.2) is 53.5 Å². The van der Waals surface area contributed by atoms with Gasteiger partial charge in [-0.05, 0) is 61.2 Å². The topological polar surface area (TPSA) is 45.1 Å². The molecule has 0 bridgehead atoms. The molecule has 0 radical (unpaired) electrons. The third-order valence-electron chi connectivity index (χ3n) is 6.33. The van der Waals surface area contributed by atoms with E-state index in [0.29, 0.717) is 12.2 Å². The van der Waals surface area contributed by atoms with Gasteiger partial charge in [0.1, 0.15) is 5.82 Å². The van der Waals surface area contributed by atoms with Gasteiger partial charge >= 0.3 is 0 Å². The molecule has 1 fully saturated rings. The zero-order chi connectivity index (χ0) is 22.8. The molecule has 5 nitrogen and oxygen atoms in total. The minimum absolute atomic E-state index is 0.00157. The number of hydrogen-bond acceptors (Lipinski definition) is 4. The second-order valence-electron chi connectivity index (χ2n) is 8.43. The predicted molar refractivity (Wildman–Crippen MR) is 126 cm³/mol. The number of anilines is 1. The Balaban J connectivity index is 1.07. The Morgan fingerprint density at radius 2 is 1.82 bits per heavy atom. The fraction of sp³-hybridized carbons (Fsp3) is 0.308. The third kappa shape index (κ3) is 4.46. The summed E-state index contributed by atoms with van der Waals surface area (Å²) >= 11 is 0. The van der Waals surface area contributed by atoms with Crippen molar-refractivity contribution in [3.8, 4) is 5.75 Å². The molecule has 0 aliphatic carbocycles. The maximum atomic E-state index is 14.5. The van der Waals surface area contributed by atoms with Crippen LogP contribution in [-0.2, 0) is 0 Å². The Morgan fingerprint density at radius 3 is 2.67 bits per heavy atom. The van der Waals surface area contributed by atoms with Gasteiger partial charge in [-0.25, -0.2) is 13.8 Å². The minimum atomic E-state index is -0.623. The van der Waals surface area contributed by atoms with Crippen molar-refractivity contribution >= 4 is 28.6 Å². The molecule has 0 unspecified atom stereocenters. The average Bonchev–Trinajstić information content (AvgIpc) is 3.21. The van der Waals surface area contributed by atoms with Crippen LogP contribution >= 0.6 is 0 Å². The average molecular weight is 450 g/mol. The van der Waals surface area contributed by atoms with Gasteiger partial charge in [0.15, 0.2) is 11.6 Å². The lowest BCUT2D eigenvalue weighted by Crippen LogP contribution is -2.46. The number of ether oxygens (including phenoxy) is 1. The molecule has 0 N–H and O–H groups in total. The van der Waals surface area contributed by atoms with Crippen molar-refractivity contribution in [2.45, 2.75) is 12.8 Å². The van der Waals surface area contributed by atoms with E-state index in [2.05, 4.69) is 20.9 Å². The minimum Gasteiger partial charge on any atom is -0.490 e. The third-order valence-corrected chi connectivity index (χ3v) is 6.33. The Bertz CT molecular complexity index is 1220. The monoisotopic (exact) mass is 449 g/mol. The van der Waals surface area contributed by atoms with E-state index in [9.17, 15) is 13.6 Å². The van der Waals surface area contributed by atoms with Crippen LogP contribution in [0.4, 0.5) is 14.5 Å². The van der Waals surface area contributed by atoms with E-state index in [1.807, 2.05) is 18.2 Å². The molecule has 1 amide bonds. The standard InChI is InChI=1S/C26H25F2N3O2/c27-20-7-8-21-18(16-20)4-3-5-22(21)31-13-11-30(12-14-31)10-1-2-15-33-23-9-6-19-17-29-26(32)24(19)25(23)28/h3-9,16-17H,1-2,10-15H2. The number of fused-ring (bicyclic) bond motifs is 2. The van der Waals surface area contributed by atoms with Crippen LogP contribution in [-0.4, -0.2) is 56.4 Å². The highest BCUT2D eigenvalue weighted by molar-refractivity contribution is 6.13. The number of piperazine rings is 1. The number of nitrogens with zero attached hydrogens (tertiary/aromatic N) is 3. The SMILES string of the molecule is O=C1N=Cc2ccc(OCCCCN3CCN(c4cccc5cc(F)ccc45)CC3)c(F)c21. The van der Waals surface area contributed by atoms with E-state index < -0.39 is 11.7 Å². The van der Waals surface area contributed by atoms with Crippen LogP contribution in [0.2, 0.25) is 0 Å². The van der Waals surface area contributed by atoms with Crippen molar-refractivity contribution < 1.29 is 18.3 Å². The van der Waals surface area contributed by atoms with Crippen LogP contribution in [0.5, 0.6) is 5.75 Å².